The van der Waals surface area contributed by atoms with Gasteiger partial charge in [0.05, 0.1) is 6.61 Å². The monoisotopic (exact) mass is 220 g/mol. The normalized spacial score (nSPS) is 18.6. The summed E-state index contributed by atoms with van der Waals surface area (Å²) >= 11 is 0. The lowest BCUT2D eigenvalue weighted by Gasteiger charge is -2.31. The van der Waals surface area contributed by atoms with Crippen LogP contribution in [-0.2, 0) is 0 Å². The van der Waals surface area contributed by atoms with Gasteiger partial charge in [0.2, 0.25) is 0 Å². The fraction of sp³-hybridized carbons (Fsp3) is 0.538. The van der Waals surface area contributed by atoms with E-state index in [4.69, 9.17) is 9.84 Å². The molecule has 1 aliphatic rings. The van der Waals surface area contributed by atoms with Crippen molar-refractivity contribution in [1.82, 2.24) is 4.90 Å². The van der Waals surface area contributed by atoms with E-state index in [0.29, 0.717) is 6.10 Å². The van der Waals surface area contributed by atoms with E-state index in [2.05, 4.69) is 11.0 Å². The number of nitrogens with zero attached hydrogens (tertiary/aromatic N) is 1. The Morgan fingerprint density at radius 3 is 2.62 bits per heavy atom. The summed E-state index contributed by atoms with van der Waals surface area (Å²) in [7, 11) is 0. The van der Waals surface area contributed by atoms with Gasteiger partial charge in [0.15, 0.2) is 0 Å². The van der Waals surface area contributed by atoms with Crippen LogP contribution in [-0.4, -0.2) is 42.4 Å². The van der Waals surface area contributed by atoms with Crippen molar-refractivity contribution in [2.75, 3.05) is 26.2 Å². The second kappa shape index (κ2) is 5.87. The molecule has 1 heterocycles. The number of rotatable bonds is 4. The Balaban J connectivity index is 1.77. The van der Waals surface area contributed by atoms with E-state index in [1.165, 1.54) is 0 Å². The molecular formula is C13H18NO2. The highest BCUT2D eigenvalue weighted by Crippen LogP contribution is 2.18. The number of benzene rings is 1. The van der Waals surface area contributed by atoms with E-state index in [1.807, 2.05) is 24.3 Å². The van der Waals surface area contributed by atoms with E-state index in [9.17, 15) is 0 Å². The van der Waals surface area contributed by atoms with Crippen LogP contribution < -0.4 is 4.74 Å². The third-order valence-corrected chi connectivity index (χ3v) is 2.94. The lowest BCUT2D eigenvalue weighted by atomic mass is 10.1. The van der Waals surface area contributed by atoms with Crippen LogP contribution in [0, 0.1) is 6.07 Å². The Kier molecular flexibility index (Phi) is 4.19. The van der Waals surface area contributed by atoms with Gasteiger partial charge in [-0.05, 0) is 31.0 Å². The minimum atomic E-state index is 0.250. The fourth-order valence-electron chi connectivity index (χ4n) is 2.03. The van der Waals surface area contributed by atoms with Crippen LogP contribution in [0.3, 0.4) is 0 Å². The van der Waals surface area contributed by atoms with Gasteiger partial charge in [-0.2, -0.15) is 0 Å². The first-order valence-corrected chi connectivity index (χ1v) is 5.84. The first kappa shape index (κ1) is 11.4. The van der Waals surface area contributed by atoms with Gasteiger partial charge in [0.1, 0.15) is 11.9 Å². The molecular weight excluding hydrogens is 202 g/mol. The highest BCUT2D eigenvalue weighted by atomic mass is 16.5. The Morgan fingerprint density at radius 1 is 1.31 bits per heavy atom. The molecule has 0 aromatic heterocycles. The summed E-state index contributed by atoms with van der Waals surface area (Å²) in [4.78, 5) is 2.28. The van der Waals surface area contributed by atoms with Crippen LogP contribution in [0.15, 0.2) is 24.3 Å². The predicted octanol–water partition coefficient (Wildman–Crippen LogP) is 1.32. The van der Waals surface area contributed by atoms with Crippen molar-refractivity contribution in [3.05, 3.63) is 30.3 Å². The van der Waals surface area contributed by atoms with Gasteiger partial charge in [-0.1, -0.05) is 12.1 Å². The summed E-state index contributed by atoms with van der Waals surface area (Å²) in [6.07, 6.45) is 2.40. The first-order chi connectivity index (χ1) is 7.88. The molecule has 0 aliphatic carbocycles. The molecule has 0 amide bonds. The minimum Gasteiger partial charge on any atom is -0.490 e. The van der Waals surface area contributed by atoms with E-state index in [-0.39, 0.29) is 6.61 Å². The topological polar surface area (TPSA) is 32.7 Å². The van der Waals surface area contributed by atoms with Gasteiger partial charge >= 0.3 is 0 Å². The second-order valence-corrected chi connectivity index (χ2v) is 4.12. The molecule has 87 valence electrons. The smallest absolute Gasteiger partial charge is 0.119 e. The van der Waals surface area contributed by atoms with Crippen molar-refractivity contribution in [2.24, 2.45) is 0 Å². The van der Waals surface area contributed by atoms with Crippen molar-refractivity contribution in [2.45, 2.75) is 18.9 Å². The van der Waals surface area contributed by atoms with E-state index < -0.39 is 0 Å². The Hall–Kier alpha value is -1.06. The summed E-state index contributed by atoms with van der Waals surface area (Å²) < 4.78 is 5.87. The average Bonchev–Trinajstić information content (AvgIpc) is 2.33. The van der Waals surface area contributed by atoms with Crippen molar-refractivity contribution < 1.29 is 9.84 Å². The molecule has 1 saturated heterocycles. The third kappa shape index (κ3) is 3.22. The van der Waals surface area contributed by atoms with Crippen molar-refractivity contribution >= 4 is 0 Å². The number of likely N-dealkylation sites (tertiary alicyclic amines) is 1. The van der Waals surface area contributed by atoms with E-state index in [1.54, 1.807) is 0 Å². The number of hydrogen-bond donors (Lipinski definition) is 1. The predicted molar refractivity (Wildman–Crippen MR) is 62.5 cm³/mol. The van der Waals surface area contributed by atoms with Gasteiger partial charge in [0, 0.05) is 19.6 Å². The second-order valence-electron chi connectivity index (χ2n) is 4.12. The molecule has 1 aromatic carbocycles. The molecule has 0 saturated carbocycles. The molecule has 3 heteroatoms. The lowest BCUT2D eigenvalue weighted by molar-refractivity contribution is 0.0889. The maximum Gasteiger partial charge on any atom is 0.119 e. The maximum atomic E-state index is 8.84. The minimum absolute atomic E-state index is 0.250. The van der Waals surface area contributed by atoms with Crippen LogP contribution >= 0.6 is 0 Å². The highest BCUT2D eigenvalue weighted by Gasteiger charge is 2.19. The number of aliphatic hydroxyl groups is 1. The Bertz CT molecular complexity index is 294. The zero-order chi connectivity index (χ0) is 11.2. The molecule has 1 aromatic rings. The zero-order valence-electron chi connectivity index (χ0n) is 9.43. The Morgan fingerprint density at radius 2 is 2.00 bits per heavy atom. The lowest BCUT2D eigenvalue weighted by Crippen LogP contribution is -2.39. The van der Waals surface area contributed by atoms with Gasteiger partial charge in [-0.15, -0.1) is 0 Å². The molecule has 16 heavy (non-hydrogen) atoms. The summed E-state index contributed by atoms with van der Waals surface area (Å²) in [6.45, 7) is 3.07. The molecule has 1 radical (unpaired) electrons. The van der Waals surface area contributed by atoms with Crippen LogP contribution in [0.4, 0.5) is 0 Å². The van der Waals surface area contributed by atoms with Gasteiger partial charge in [-0.25, -0.2) is 0 Å². The SMILES string of the molecule is OCCN1CCC(Oc2cc[c]cc2)CC1. The number of hydrogen-bond acceptors (Lipinski definition) is 3. The van der Waals surface area contributed by atoms with Crippen LogP contribution in [0.25, 0.3) is 0 Å². The quantitative estimate of drug-likeness (QED) is 0.830. The summed E-state index contributed by atoms with van der Waals surface area (Å²) in [6, 6.07) is 10.6. The van der Waals surface area contributed by atoms with E-state index >= 15 is 0 Å². The highest BCUT2D eigenvalue weighted by molar-refractivity contribution is 5.20. The van der Waals surface area contributed by atoms with Gasteiger partial charge in [0.25, 0.3) is 0 Å². The van der Waals surface area contributed by atoms with Gasteiger partial charge in [-0.3, -0.25) is 0 Å². The largest absolute Gasteiger partial charge is 0.490 e. The van der Waals surface area contributed by atoms with Gasteiger partial charge < -0.3 is 14.7 Å². The van der Waals surface area contributed by atoms with Crippen LogP contribution in [0.2, 0.25) is 0 Å². The third-order valence-electron chi connectivity index (χ3n) is 2.94. The molecule has 1 N–H and O–H groups in total. The average molecular weight is 220 g/mol. The first-order valence-electron chi connectivity index (χ1n) is 5.84. The van der Waals surface area contributed by atoms with Crippen molar-refractivity contribution in [3.63, 3.8) is 0 Å². The molecule has 0 unspecified atom stereocenters. The standard InChI is InChI=1S/C13H18NO2/c15-11-10-14-8-6-13(7-9-14)16-12-4-2-1-3-5-12/h2-5,13,15H,6-11H2. The summed E-state index contributed by atoms with van der Waals surface area (Å²) in [5, 5.41) is 8.84. The van der Waals surface area contributed by atoms with Crippen molar-refractivity contribution in [1.29, 1.82) is 0 Å². The molecule has 2 rings (SSSR count). The Labute approximate surface area is 96.6 Å². The number of β-amino-alcohol motifs (C(OH)–C–C–N with tert-alkyl or cyclic N) is 1. The van der Waals surface area contributed by atoms with E-state index in [0.717, 1.165) is 38.2 Å². The zero-order valence-corrected chi connectivity index (χ0v) is 9.43. The maximum absolute atomic E-state index is 8.84. The van der Waals surface area contributed by atoms with Crippen LogP contribution in [0.5, 0.6) is 5.75 Å². The molecule has 3 nitrogen and oxygen atoms in total. The molecule has 1 fully saturated rings. The summed E-state index contributed by atoms with van der Waals surface area (Å²) in [5.41, 5.74) is 0. The molecule has 1 aliphatic heterocycles. The molecule has 0 spiro atoms. The molecule has 0 bridgehead atoms. The van der Waals surface area contributed by atoms with Crippen molar-refractivity contribution in [3.8, 4) is 5.75 Å². The summed E-state index contributed by atoms with van der Waals surface area (Å²) in [5.74, 6) is 0.930. The number of aliphatic hydroxyl groups excluding tert-OH is 1. The number of ether oxygens (including phenoxy) is 1. The fourth-order valence-corrected chi connectivity index (χ4v) is 2.03. The number of piperidine rings is 1. The molecule has 0 atom stereocenters. The van der Waals surface area contributed by atoms with Crippen LogP contribution in [0.1, 0.15) is 12.8 Å².